The Bertz CT molecular complexity index is 338. The molecular formula is C8H9NO2. The van der Waals surface area contributed by atoms with E-state index in [1.807, 2.05) is 0 Å². The number of hydrogen-bond acceptors (Lipinski definition) is 2. The Morgan fingerprint density at radius 3 is 2.55 bits per heavy atom. The number of aromatic amines is 1. The molecule has 0 aliphatic rings. The second-order valence-electron chi connectivity index (χ2n) is 2.49. The van der Waals surface area contributed by atoms with Crippen LogP contribution in [0.4, 0.5) is 0 Å². The van der Waals surface area contributed by atoms with Crippen LogP contribution in [0.2, 0.25) is 0 Å². The van der Waals surface area contributed by atoms with Gasteiger partial charge in [-0.15, -0.1) is 0 Å². The molecule has 0 radical (unpaired) electrons. The highest BCUT2D eigenvalue weighted by Crippen LogP contribution is 1.96. The van der Waals surface area contributed by atoms with Crippen molar-refractivity contribution in [2.24, 2.45) is 0 Å². The maximum Gasteiger partial charge on any atom is 0.248 e. The quantitative estimate of drug-likeness (QED) is 0.606. The highest BCUT2D eigenvalue weighted by atomic mass is 16.1. The fraction of sp³-hybridized carbons (Fsp3) is 0.250. The van der Waals surface area contributed by atoms with Crippen molar-refractivity contribution in [3.63, 3.8) is 0 Å². The van der Waals surface area contributed by atoms with E-state index in [0.29, 0.717) is 5.69 Å². The van der Waals surface area contributed by atoms with E-state index in [4.69, 9.17) is 0 Å². The molecule has 0 atom stereocenters. The molecule has 0 bridgehead atoms. The number of carbonyl (C=O) groups excluding carboxylic acids is 1. The van der Waals surface area contributed by atoms with Crippen molar-refractivity contribution < 1.29 is 4.79 Å². The monoisotopic (exact) mass is 151 g/mol. The second kappa shape index (κ2) is 2.70. The van der Waals surface area contributed by atoms with Crippen molar-refractivity contribution in [3.05, 3.63) is 33.7 Å². The molecule has 0 spiro atoms. The zero-order valence-electron chi connectivity index (χ0n) is 6.47. The van der Waals surface area contributed by atoms with E-state index in [2.05, 4.69) is 4.98 Å². The first kappa shape index (κ1) is 7.72. The Morgan fingerprint density at radius 2 is 2.09 bits per heavy atom. The van der Waals surface area contributed by atoms with Gasteiger partial charge in [0.15, 0.2) is 5.78 Å². The lowest BCUT2D eigenvalue weighted by atomic mass is 10.2. The number of nitrogens with one attached hydrogen (secondary N) is 1. The van der Waals surface area contributed by atoms with Gasteiger partial charge in [0.05, 0.1) is 5.69 Å². The number of rotatable bonds is 1. The summed E-state index contributed by atoms with van der Waals surface area (Å²) in [6.45, 7) is 3.20. The van der Waals surface area contributed by atoms with Gasteiger partial charge in [-0.3, -0.25) is 9.59 Å². The summed E-state index contributed by atoms with van der Waals surface area (Å²) in [6, 6.07) is 3.11. The molecule has 0 saturated carbocycles. The molecule has 1 aromatic rings. The van der Waals surface area contributed by atoms with Gasteiger partial charge in [-0.25, -0.2) is 0 Å². The lowest BCUT2D eigenvalue weighted by Crippen LogP contribution is -2.10. The predicted octanol–water partition coefficient (Wildman–Crippen LogP) is 0.886. The van der Waals surface area contributed by atoms with Crippen molar-refractivity contribution in [3.8, 4) is 0 Å². The number of hydrogen-bond donors (Lipinski definition) is 1. The number of ketones is 1. The molecule has 1 heterocycles. The topological polar surface area (TPSA) is 49.9 Å². The van der Waals surface area contributed by atoms with Gasteiger partial charge in [-0.2, -0.15) is 0 Å². The third-order valence-electron chi connectivity index (χ3n) is 1.37. The van der Waals surface area contributed by atoms with Crippen LogP contribution in [-0.2, 0) is 0 Å². The zero-order valence-corrected chi connectivity index (χ0v) is 6.47. The molecule has 58 valence electrons. The maximum absolute atomic E-state index is 10.8. The third kappa shape index (κ3) is 1.77. The highest BCUT2D eigenvalue weighted by molar-refractivity contribution is 5.92. The van der Waals surface area contributed by atoms with Gasteiger partial charge in [0.2, 0.25) is 5.56 Å². The van der Waals surface area contributed by atoms with Crippen molar-refractivity contribution in [2.45, 2.75) is 13.8 Å². The van der Waals surface area contributed by atoms with Gasteiger partial charge in [-0.1, -0.05) is 0 Å². The molecule has 0 aromatic carbocycles. The Balaban J connectivity index is 3.30. The lowest BCUT2D eigenvalue weighted by molar-refractivity contribution is 0.101. The van der Waals surface area contributed by atoms with Crippen molar-refractivity contribution >= 4 is 5.78 Å². The summed E-state index contributed by atoms with van der Waals surface area (Å²) in [5, 5.41) is 0. The number of aromatic nitrogens is 1. The second-order valence-corrected chi connectivity index (χ2v) is 2.49. The van der Waals surface area contributed by atoms with Crippen LogP contribution in [0, 0.1) is 6.92 Å². The SMILES string of the molecule is CC(=O)c1cc(C)cc(=O)[nH]1. The number of carbonyl (C=O) groups is 1. The summed E-state index contributed by atoms with van der Waals surface area (Å²) in [5.41, 5.74) is 0.948. The molecule has 1 N–H and O–H groups in total. The van der Waals surface area contributed by atoms with Gasteiger partial charge in [0.1, 0.15) is 0 Å². The fourth-order valence-corrected chi connectivity index (χ4v) is 0.871. The first-order chi connectivity index (χ1) is 5.09. The summed E-state index contributed by atoms with van der Waals surface area (Å²) in [5.74, 6) is -0.120. The normalized spacial score (nSPS) is 9.64. The summed E-state index contributed by atoms with van der Waals surface area (Å²) >= 11 is 0. The average Bonchev–Trinajstić information content (AvgIpc) is 1.85. The molecule has 1 aromatic heterocycles. The summed E-state index contributed by atoms with van der Waals surface area (Å²) in [4.78, 5) is 24.0. The Morgan fingerprint density at radius 1 is 1.45 bits per heavy atom. The van der Waals surface area contributed by atoms with Crippen molar-refractivity contribution in [1.29, 1.82) is 0 Å². The van der Waals surface area contributed by atoms with Crippen molar-refractivity contribution in [2.75, 3.05) is 0 Å². The van der Waals surface area contributed by atoms with Crippen LogP contribution in [0.5, 0.6) is 0 Å². The van der Waals surface area contributed by atoms with Gasteiger partial charge in [0.25, 0.3) is 0 Å². The molecule has 0 aliphatic heterocycles. The minimum Gasteiger partial charge on any atom is -0.319 e. The number of aryl methyl sites for hydroxylation is 1. The molecular weight excluding hydrogens is 142 g/mol. The predicted molar refractivity (Wildman–Crippen MR) is 41.8 cm³/mol. The summed E-state index contributed by atoms with van der Waals surface area (Å²) in [7, 11) is 0. The van der Waals surface area contributed by atoms with Gasteiger partial charge in [0, 0.05) is 13.0 Å². The van der Waals surface area contributed by atoms with E-state index in [1.54, 1.807) is 13.0 Å². The minimum atomic E-state index is -0.227. The molecule has 3 heteroatoms. The first-order valence-corrected chi connectivity index (χ1v) is 3.31. The van der Waals surface area contributed by atoms with Crippen LogP contribution in [0.1, 0.15) is 23.0 Å². The number of H-pyrrole nitrogens is 1. The van der Waals surface area contributed by atoms with E-state index in [0.717, 1.165) is 5.56 Å². The van der Waals surface area contributed by atoms with Crippen molar-refractivity contribution in [1.82, 2.24) is 4.98 Å². The highest BCUT2D eigenvalue weighted by Gasteiger charge is 1.99. The fourth-order valence-electron chi connectivity index (χ4n) is 0.871. The van der Waals surface area contributed by atoms with Crippen LogP contribution < -0.4 is 5.56 Å². The van der Waals surface area contributed by atoms with E-state index in [1.165, 1.54) is 13.0 Å². The van der Waals surface area contributed by atoms with Crippen LogP contribution in [0.15, 0.2) is 16.9 Å². The van der Waals surface area contributed by atoms with E-state index < -0.39 is 0 Å². The summed E-state index contributed by atoms with van der Waals surface area (Å²) < 4.78 is 0. The van der Waals surface area contributed by atoms with Crippen LogP contribution in [0.25, 0.3) is 0 Å². The number of Topliss-reactive ketones (excluding diaryl/α,β-unsaturated/α-hetero) is 1. The molecule has 0 fully saturated rings. The molecule has 0 amide bonds. The third-order valence-corrected chi connectivity index (χ3v) is 1.37. The van der Waals surface area contributed by atoms with Gasteiger partial charge in [-0.05, 0) is 18.6 Å². The van der Waals surface area contributed by atoms with Gasteiger partial charge < -0.3 is 4.98 Å². The first-order valence-electron chi connectivity index (χ1n) is 3.31. The largest absolute Gasteiger partial charge is 0.319 e. The molecule has 0 aliphatic carbocycles. The smallest absolute Gasteiger partial charge is 0.248 e. The van der Waals surface area contributed by atoms with Crippen LogP contribution >= 0.6 is 0 Å². The Hall–Kier alpha value is -1.38. The zero-order chi connectivity index (χ0) is 8.43. The van der Waals surface area contributed by atoms with Crippen LogP contribution in [-0.4, -0.2) is 10.8 Å². The van der Waals surface area contributed by atoms with E-state index >= 15 is 0 Å². The standard InChI is InChI=1S/C8H9NO2/c1-5-3-7(6(2)10)9-8(11)4-5/h3-4H,1-2H3,(H,9,11). The molecule has 1 rings (SSSR count). The Labute approximate surface area is 64.1 Å². The summed E-state index contributed by atoms with van der Waals surface area (Å²) in [6.07, 6.45) is 0. The number of pyridine rings is 1. The molecule has 0 unspecified atom stereocenters. The van der Waals surface area contributed by atoms with E-state index in [9.17, 15) is 9.59 Å². The van der Waals surface area contributed by atoms with E-state index in [-0.39, 0.29) is 11.3 Å². The van der Waals surface area contributed by atoms with Gasteiger partial charge >= 0.3 is 0 Å². The maximum atomic E-state index is 10.8. The molecule has 0 saturated heterocycles. The lowest BCUT2D eigenvalue weighted by Gasteiger charge is -1.95. The average molecular weight is 151 g/mol. The minimum absolute atomic E-state index is 0.120. The molecule has 3 nitrogen and oxygen atoms in total. The molecule has 11 heavy (non-hydrogen) atoms. The van der Waals surface area contributed by atoms with Crippen LogP contribution in [0.3, 0.4) is 0 Å². The Kier molecular flexibility index (Phi) is 1.89.